The molecule has 0 aromatic carbocycles. The molecule has 0 aromatic rings. The van der Waals surface area contributed by atoms with Gasteiger partial charge in [0.15, 0.2) is 0 Å². The number of hydrogen-bond donors (Lipinski definition) is 1. The molecule has 2 aliphatic heterocycles. The minimum atomic E-state index is -0.374. The Kier molecular flexibility index (Phi) is 3.89. The van der Waals surface area contributed by atoms with Crippen molar-refractivity contribution in [2.24, 2.45) is 11.8 Å². The van der Waals surface area contributed by atoms with E-state index in [9.17, 15) is 9.90 Å². The lowest BCUT2D eigenvalue weighted by Gasteiger charge is -2.24. The molecule has 0 bridgehead atoms. The molecular formula is C15H22O4. The van der Waals surface area contributed by atoms with Crippen LogP contribution in [0.1, 0.15) is 38.5 Å². The lowest BCUT2D eigenvalue weighted by atomic mass is 9.85. The summed E-state index contributed by atoms with van der Waals surface area (Å²) >= 11 is 0. The number of carbonyl (C=O) groups is 1. The van der Waals surface area contributed by atoms with Crippen molar-refractivity contribution in [1.82, 2.24) is 0 Å². The molecule has 1 aliphatic carbocycles. The highest BCUT2D eigenvalue weighted by Gasteiger charge is 2.44. The van der Waals surface area contributed by atoms with E-state index in [2.05, 4.69) is 0 Å². The van der Waals surface area contributed by atoms with Gasteiger partial charge in [-0.1, -0.05) is 31.4 Å². The first kappa shape index (κ1) is 13.1. The van der Waals surface area contributed by atoms with Gasteiger partial charge in [-0.3, -0.25) is 4.79 Å². The van der Waals surface area contributed by atoms with Crippen LogP contribution in [0.3, 0.4) is 0 Å². The molecule has 0 amide bonds. The molecule has 2 saturated heterocycles. The summed E-state index contributed by atoms with van der Waals surface area (Å²) in [6.45, 7) is 0.491. The third-order valence-corrected chi connectivity index (χ3v) is 4.67. The summed E-state index contributed by atoms with van der Waals surface area (Å²) in [7, 11) is 0. The van der Waals surface area contributed by atoms with Gasteiger partial charge in [-0.2, -0.15) is 0 Å². The first-order chi connectivity index (χ1) is 9.24. The van der Waals surface area contributed by atoms with Crippen LogP contribution in [0.4, 0.5) is 0 Å². The van der Waals surface area contributed by atoms with E-state index in [1.54, 1.807) is 0 Å². The second-order valence-corrected chi connectivity index (χ2v) is 5.97. The van der Waals surface area contributed by atoms with Crippen molar-refractivity contribution in [3.05, 3.63) is 12.2 Å². The zero-order chi connectivity index (χ0) is 13.2. The Balaban J connectivity index is 1.55. The third-order valence-electron chi connectivity index (χ3n) is 4.67. The van der Waals surface area contributed by atoms with Crippen molar-refractivity contribution in [3.63, 3.8) is 0 Å². The zero-order valence-electron chi connectivity index (χ0n) is 11.2. The standard InChI is InChI=1S/C15H22O4/c16-12(10-4-2-1-3-5-10)6-7-13-11-8-15(17)19-14(11)9-18-13/h6-7,10-14,16H,1-5,8-9H2/t11-,12?,13-,14+/m1/s1. The SMILES string of the molecule is O=C1C[C@H]2[C@H](CO[C@@H]2C=CC(O)C2CCCCC2)O1. The van der Waals surface area contributed by atoms with Crippen LogP contribution in [-0.2, 0) is 14.3 Å². The molecule has 4 nitrogen and oxygen atoms in total. The molecule has 4 heteroatoms. The maximum atomic E-state index is 11.2. The fourth-order valence-corrected chi connectivity index (χ4v) is 3.50. The summed E-state index contributed by atoms with van der Waals surface area (Å²) in [5.74, 6) is 0.412. The van der Waals surface area contributed by atoms with Gasteiger partial charge in [0.05, 0.1) is 25.2 Å². The Morgan fingerprint density at radius 3 is 2.84 bits per heavy atom. The molecule has 1 N–H and O–H groups in total. The lowest BCUT2D eigenvalue weighted by molar-refractivity contribution is -0.142. The van der Waals surface area contributed by atoms with Crippen LogP contribution >= 0.6 is 0 Å². The Bertz CT molecular complexity index is 359. The average Bonchev–Trinajstić information content (AvgIpc) is 2.96. The van der Waals surface area contributed by atoms with Gasteiger partial charge >= 0.3 is 5.97 Å². The molecule has 4 atom stereocenters. The van der Waals surface area contributed by atoms with E-state index in [4.69, 9.17) is 9.47 Å². The predicted octanol–water partition coefficient (Wildman–Crippen LogP) is 1.81. The number of hydrogen-bond acceptors (Lipinski definition) is 4. The molecule has 0 aromatic heterocycles. The Labute approximate surface area is 113 Å². The minimum absolute atomic E-state index is 0.0744. The molecule has 3 aliphatic rings. The zero-order valence-corrected chi connectivity index (χ0v) is 11.2. The molecule has 3 fully saturated rings. The molecular weight excluding hydrogens is 244 g/mol. The lowest BCUT2D eigenvalue weighted by Crippen LogP contribution is -2.22. The molecule has 2 heterocycles. The Morgan fingerprint density at radius 1 is 1.26 bits per heavy atom. The van der Waals surface area contributed by atoms with Crippen LogP contribution in [0.15, 0.2) is 12.2 Å². The number of carbonyl (C=O) groups excluding carboxylic acids is 1. The summed E-state index contributed by atoms with van der Waals surface area (Å²) in [5.41, 5.74) is 0. The van der Waals surface area contributed by atoms with Crippen LogP contribution in [0.2, 0.25) is 0 Å². The summed E-state index contributed by atoms with van der Waals surface area (Å²) in [5, 5.41) is 10.2. The van der Waals surface area contributed by atoms with Crippen LogP contribution in [0.5, 0.6) is 0 Å². The van der Waals surface area contributed by atoms with Crippen molar-refractivity contribution >= 4 is 5.97 Å². The van der Waals surface area contributed by atoms with Gasteiger partial charge in [-0.05, 0) is 18.8 Å². The second-order valence-electron chi connectivity index (χ2n) is 5.97. The first-order valence-electron chi connectivity index (χ1n) is 7.41. The third kappa shape index (κ3) is 2.84. The molecule has 19 heavy (non-hydrogen) atoms. The summed E-state index contributed by atoms with van der Waals surface area (Å²) < 4.78 is 10.8. The quantitative estimate of drug-likeness (QED) is 0.625. The van der Waals surface area contributed by atoms with Gasteiger partial charge in [0.25, 0.3) is 0 Å². The molecule has 106 valence electrons. The van der Waals surface area contributed by atoms with E-state index >= 15 is 0 Å². The fourth-order valence-electron chi connectivity index (χ4n) is 3.50. The van der Waals surface area contributed by atoms with E-state index in [1.807, 2.05) is 12.2 Å². The summed E-state index contributed by atoms with van der Waals surface area (Å²) in [4.78, 5) is 11.2. The van der Waals surface area contributed by atoms with Crippen LogP contribution in [0.25, 0.3) is 0 Å². The van der Waals surface area contributed by atoms with Crippen molar-refractivity contribution in [2.75, 3.05) is 6.61 Å². The minimum Gasteiger partial charge on any atom is -0.459 e. The second kappa shape index (κ2) is 5.63. The van der Waals surface area contributed by atoms with E-state index in [1.165, 1.54) is 19.3 Å². The van der Waals surface area contributed by atoms with Gasteiger partial charge in [-0.25, -0.2) is 0 Å². The van der Waals surface area contributed by atoms with E-state index in [0.29, 0.717) is 18.9 Å². The number of aliphatic hydroxyl groups is 1. The highest BCUT2D eigenvalue weighted by Crippen LogP contribution is 2.34. The van der Waals surface area contributed by atoms with Gasteiger partial charge in [0.2, 0.25) is 0 Å². The van der Waals surface area contributed by atoms with Crippen LogP contribution in [-0.4, -0.2) is 36.0 Å². The summed E-state index contributed by atoms with van der Waals surface area (Å²) in [6.07, 6.45) is 9.70. The molecule has 1 unspecified atom stereocenters. The molecule has 1 saturated carbocycles. The number of ether oxygens (including phenoxy) is 2. The van der Waals surface area contributed by atoms with E-state index in [-0.39, 0.29) is 30.2 Å². The van der Waals surface area contributed by atoms with Crippen molar-refractivity contribution in [2.45, 2.75) is 56.8 Å². The smallest absolute Gasteiger partial charge is 0.306 e. The number of aliphatic hydroxyl groups excluding tert-OH is 1. The monoisotopic (exact) mass is 266 g/mol. The fraction of sp³-hybridized carbons (Fsp3) is 0.800. The van der Waals surface area contributed by atoms with Gasteiger partial charge in [0, 0.05) is 5.92 Å². The Morgan fingerprint density at radius 2 is 2.05 bits per heavy atom. The average molecular weight is 266 g/mol. The normalized spacial score (nSPS) is 37.5. The predicted molar refractivity (Wildman–Crippen MR) is 69.4 cm³/mol. The van der Waals surface area contributed by atoms with E-state index < -0.39 is 0 Å². The van der Waals surface area contributed by atoms with Crippen molar-refractivity contribution < 1.29 is 19.4 Å². The molecule has 0 radical (unpaired) electrons. The largest absolute Gasteiger partial charge is 0.459 e. The molecule has 3 rings (SSSR count). The maximum absolute atomic E-state index is 11.2. The van der Waals surface area contributed by atoms with Crippen molar-refractivity contribution in [3.8, 4) is 0 Å². The number of esters is 1. The highest BCUT2D eigenvalue weighted by molar-refractivity contribution is 5.72. The first-order valence-corrected chi connectivity index (χ1v) is 7.41. The highest BCUT2D eigenvalue weighted by atomic mass is 16.6. The Hall–Kier alpha value is -0.870. The topological polar surface area (TPSA) is 55.8 Å². The number of rotatable bonds is 3. The van der Waals surface area contributed by atoms with Gasteiger partial charge in [-0.15, -0.1) is 0 Å². The van der Waals surface area contributed by atoms with Gasteiger partial charge in [0.1, 0.15) is 6.10 Å². The number of fused-ring (bicyclic) bond motifs is 1. The maximum Gasteiger partial charge on any atom is 0.306 e. The van der Waals surface area contributed by atoms with Crippen molar-refractivity contribution in [1.29, 1.82) is 0 Å². The van der Waals surface area contributed by atoms with Crippen LogP contribution < -0.4 is 0 Å². The molecule has 0 spiro atoms. The summed E-state index contributed by atoms with van der Waals surface area (Å²) in [6, 6.07) is 0. The van der Waals surface area contributed by atoms with E-state index in [0.717, 1.165) is 12.8 Å². The van der Waals surface area contributed by atoms with Crippen LogP contribution in [0, 0.1) is 11.8 Å². The van der Waals surface area contributed by atoms with Gasteiger partial charge < -0.3 is 14.6 Å².